The van der Waals surface area contributed by atoms with Crippen molar-refractivity contribution in [3.8, 4) is 0 Å². The van der Waals surface area contributed by atoms with Gasteiger partial charge in [-0.3, -0.25) is 4.98 Å². The van der Waals surface area contributed by atoms with Crippen molar-refractivity contribution in [1.82, 2.24) is 4.98 Å². The van der Waals surface area contributed by atoms with Gasteiger partial charge in [0.25, 0.3) is 0 Å². The lowest BCUT2D eigenvalue weighted by Crippen LogP contribution is -2.02. The van der Waals surface area contributed by atoms with E-state index in [0.717, 1.165) is 30.6 Å². The Labute approximate surface area is 103 Å². The van der Waals surface area contributed by atoms with Crippen LogP contribution in [0.5, 0.6) is 0 Å². The van der Waals surface area contributed by atoms with Gasteiger partial charge in [-0.05, 0) is 62.9 Å². The van der Waals surface area contributed by atoms with Crippen molar-refractivity contribution in [2.45, 2.75) is 33.6 Å². The van der Waals surface area contributed by atoms with Gasteiger partial charge < -0.3 is 5.73 Å². The molecule has 0 atom stereocenters. The van der Waals surface area contributed by atoms with Gasteiger partial charge in [-0.1, -0.05) is 12.1 Å². The number of aryl methyl sites for hydroxylation is 4. The Bertz CT molecular complexity index is 544. The Morgan fingerprint density at radius 1 is 1.18 bits per heavy atom. The summed E-state index contributed by atoms with van der Waals surface area (Å²) in [5, 5.41) is 1.28. The molecular weight excluding hydrogens is 208 g/mol. The molecule has 0 saturated carbocycles. The lowest BCUT2D eigenvalue weighted by atomic mass is 9.98. The summed E-state index contributed by atoms with van der Waals surface area (Å²) >= 11 is 0. The third kappa shape index (κ3) is 2.32. The van der Waals surface area contributed by atoms with E-state index in [4.69, 9.17) is 5.73 Å². The second-order valence-corrected chi connectivity index (χ2v) is 4.72. The van der Waals surface area contributed by atoms with Crippen LogP contribution < -0.4 is 5.73 Å². The Balaban J connectivity index is 2.64. The summed E-state index contributed by atoms with van der Waals surface area (Å²) in [5.41, 5.74) is 11.8. The fourth-order valence-electron chi connectivity index (χ4n) is 2.24. The van der Waals surface area contributed by atoms with E-state index in [1.807, 2.05) is 0 Å². The number of pyridine rings is 1. The van der Waals surface area contributed by atoms with Crippen molar-refractivity contribution in [2.24, 2.45) is 5.73 Å². The molecule has 1 heterocycles. The van der Waals surface area contributed by atoms with Crippen molar-refractivity contribution < 1.29 is 0 Å². The summed E-state index contributed by atoms with van der Waals surface area (Å²) < 4.78 is 0. The second-order valence-electron chi connectivity index (χ2n) is 4.72. The molecule has 0 aliphatic rings. The molecule has 17 heavy (non-hydrogen) atoms. The maximum absolute atomic E-state index is 5.60. The van der Waals surface area contributed by atoms with Crippen LogP contribution in [0, 0.1) is 20.8 Å². The zero-order chi connectivity index (χ0) is 12.4. The minimum atomic E-state index is 0.744. The molecule has 1 aromatic heterocycles. The third-order valence-corrected chi connectivity index (χ3v) is 3.37. The van der Waals surface area contributed by atoms with Crippen LogP contribution in [0.25, 0.3) is 10.9 Å². The fourth-order valence-corrected chi connectivity index (χ4v) is 2.24. The Morgan fingerprint density at radius 2 is 1.94 bits per heavy atom. The van der Waals surface area contributed by atoms with Crippen molar-refractivity contribution in [1.29, 1.82) is 0 Å². The van der Waals surface area contributed by atoms with E-state index in [1.54, 1.807) is 0 Å². The van der Waals surface area contributed by atoms with E-state index in [9.17, 15) is 0 Å². The van der Waals surface area contributed by atoms with Gasteiger partial charge in [0, 0.05) is 11.1 Å². The van der Waals surface area contributed by atoms with Crippen LogP contribution in [0.3, 0.4) is 0 Å². The zero-order valence-corrected chi connectivity index (χ0v) is 10.9. The van der Waals surface area contributed by atoms with E-state index < -0.39 is 0 Å². The van der Waals surface area contributed by atoms with Gasteiger partial charge in [-0.2, -0.15) is 0 Å². The fraction of sp³-hybridized carbons (Fsp3) is 0.400. The average molecular weight is 228 g/mol. The molecule has 1 aromatic carbocycles. The standard InChI is InChI=1S/C15H20N2/c1-10-6-7-14-13(5-4-8-16)9-11(2)17-15(14)12(10)3/h6-7,9H,4-5,8,16H2,1-3H3. The number of fused-ring (bicyclic) bond motifs is 1. The first-order chi connectivity index (χ1) is 8.13. The second kappa shape index (κ2) is 4.84. The molecule has 0 aliphatic heterocycles. The van der Waals surface area contributed by atoms with E-state index >= 15 is 0 Å². The molecule has 2 N–H and O–H groups in total. The molecular formula is C15H20N2. The van der Waals surface area contributed by atoms with Crippen LogP contribution in [0.4, 0.5) is 0 Å². The Morgan fingerprint density at radius 3 is 2.65 bits per heavy atom. The minimum absolute atomic E-state index is 0.744. The lowest BCUT2D eigenvalue weighted by Gasteiger charge is -2.11. The van der Waals surface area contributed by atoms with E-state index in [0.29, 0.717) is 0 Å². The van der Waals surface area contributed by atoms with Gasteiger partial charge in [0.1, 0.15) is 0 Å². The summed E-state index contributed by atoms with van der Waals surface area (Å²) in [5.74, 6) is 0. The quantitative estimate of drug-likeness (QED) is 0.877. The first kappa shape index (κ1) is 12.1. The molecule has 90 valence electrons. The van der Waals surface area contributed by atoms with Crippen molar-refractivity contribution in [3.63, 3.8) is 0 Å². The molecule has 0 aliphatic carbocycles. The number of nitrogens with two attached hydrogens (primary N) is 1. The smallest absolute Gasteiger partial charge is 0.0739 e. The summed E-state index contributed by atoms with van der Waals surface area (Å²) in [4.78, 5) is 4.67. The predicted molar refractivity (Wildman–Crippen MR) is 73.3 cm³/mol. The molecule has 0 amide bonds. The number of benzene rings is 1. The van der Waals surface area contributed by atoms with Gasteiger partial charge in [0.05, 0.1) is 5.52 Å². The van der Waals surface area contributed by atoms with Crippen LogP contribution in [0.2, 0.25) is 0 Å². The van der Waals surface area contributed by atoms with Crippen LogP contribution >= 0.6 is 0 Å². The molecule has 0 bridgehead atoms. The van der Waals surface area contributed by atoms with Gasteiger partial charge in [0.2, 0.25) is 0 Å². The first-order valence-electron chi connectivity index (χ1n) is 6.20. The number of hydrogen-bond acceptors (Lipinski definition) is 2. The van der Waals surface area contributed by atoms with Crippen molar-refractivity contribution in [2.75, 3.05) is 6.54 Å². The largest absolute Gasteiger partial charge is 0.330 e. The summed E-state index contributed by atoms with van der Waals surface area (Å²) in [6.07, 6.45) is 2.07. The maximum Gasteiger partial charge on any atom is 0.0739 e. The highest BCUT2D eigenvalue weighted by Gasteiger charge is 2.07. The molecule has 2 aromatic rings. The van der Waals surface area contributed by atoms with Crippen LogP contribution in [0.1, 0.15) is 28.8 Å². The average Bonchev–Trinajstić information content (AvgIpc) is 2.31. The Hall–Kier alpha value is -1.41. The third-order valence-electron chi connectivity index (χ3n) is 3.37. The van der Waals surface area contributed by atoms with Gasteiger partial charge >= 0.3 is 0 Å². The lowest BCUT2D eigenvalue weighted by molar-refractivity contribution is 0.835. The van der Waals surface area contributed by atoms with Crippen molar-refractivity contribution in [3.05, 3.63) is 40.6 Å². The zero-order valence-electron chi connectivity index (χ0n) is 10.9. The van der Waals surface area contributed by atoms with Crippen molar-refractivity contribution >= 4 is 10.9 Å². The van der Waals surface area contributed by atoms with Crippen LogP contribution in [-0.4, -0.2) is 11.5 Å². The normalized spacial score (nSPS) is 11.1. The van der Waals surface area contributed by atoms with Crippen LogP contribution in [-0.2, 0) is 6.42 Å². The monoisotopic (exact) mass is 228 g/mol. The van der Waals surface area contributed by atoms with E-state index in [1.165, 1.54) is 22.1 Å². The minimum Gasteiger partial charge on any atom is -0.330 e. The number of aromatic nitrogens is 1. The highest BCUT2D eigenvalue weighted by atomic mass is 14.7. The summed E-state index contributed by atoms with van der Waals surface area (Å²) in [6, 6.07) is 6.56. The maximum atomic E-state index is 5.60. The van der Waals surface area contributed by atoms with E-state index in [-0.39, 0.29) is 0 Å². The molecule has 2 rings (SSSR count). The summed E-state index contributed by atoms with van der Waals surface area (Å²) in [6.45, 7) is 7.09. The number of hydrogen-bond donors (Lipinski definition) is 1. The Kier molecular flexibility index (Phi) is 3.43. The SMILES string of the molecule is Cc1cc(CCCN)c2ccc(C)c(C)c2n1. The van der Waals surface area contributed by atoms with E-state index in [2.05, 4.69) is 44.0 Å². The highest BCUT2D eigenvalue weighted by molar-refractivity contribution is 5.86. The molecule has 0 radical (unpaired) electrons. The first-order valence-corrected chi connectivity index (χ1v) is 6.20. The molecule has 2 nitrogen and oxygen atoms in total. The molecule has 0 saturated heterocycles. The number of nitrogens with zero attached hydrogens (tertiary/aromatic N) is 1. The number of rotatable bonds is 3. The van der Waals surface area contributed by atoms with Gasteiger partial charge in [-0.15, -0.1) is 0 Å². The van der Waals surface area contributed by atoms with Crippen LogP contribution in [0.15, 0.2) is 18.2 Å². The van der Waals surface area contributed by atoms with Gasteiger partial charge in [-0.25, -0.2) is 0 Å². The van der Waals surface area contributed by atoms with Gasteiger partial charge in [0.15, 0.2) is 0 Å². The molecule has 2 heteroatoms. The highest BCUT2D eigenvalue weighted by Crippen LogP contribution is 2.24. The topological polar surface area (TPSA) is 38.9 Å². The predicted octanol–water partition coefficient (Wildman–Crippen LogP) is 3.05. The molecule has 0 spiro atoms. The molecule has 0 fully saturated rings. The molecule has 0 unspecified atom stereocenters. The summed E-state index contributed by atoms with van der Waals surface area (Å²) in [7, 11) is 0.